The van der Waals surface area contributed by atoms with E-state index in [0.717, 1.165) is 15.6 Å². The molecule has 32 heavy (non-hydrogen) atoms. The average molecular weight is 466 g/mol. The maximum Gasteiger partial charge on any atom is 0.309 e. The molecule has 10 heteroatoms. The summed E-state index contributed by atoms with van der Waals surface area (Å²) in [6, 6.07) is 4.70. The molecule has 3 rings (SSSR count). The van der Waals surface area contributed by atoms with Gasteiger partial charge in [-0.05, 0) is 56.9 Å². The van der Waals surface area contributed by atoms with Crippen molar-refractivity contribution in [1.29, 1.82) is 0 Å². The molecule has 9 nitrogen and oxygen atoms in total. The van der Waals surface area contributed by atoms with Crippen LogP contribution in [0, 0.1) is 5.92 Å². The number of hydrogen-bond donors (Lipinski definition) is 0. The van der Waals surface area contributed by atoms with Gasteiger partial charge in [0.2, 0.25) is 21.8 Å². The summed E-state index contributed by atoms with van der Waals surface area (Å²) < 4.78 is 32.2. The van der Waals surface area contributed by atoms with E-state index in [4.69, 9.17) is 4.74 Å². The Labute approximate surface area is 189 Å². The van der Waals surface area contributed by atoms with Crippen molar-refractivity contribution >= 4 is 33.5 Å². The molecule has 0 aliphatic carbocycles. The Hall–Kier alpha value is -2.46. The number of amides is 2. The number of likely N-dealkylation sites (tertiary alicyclic amines) is 1. The van der Waals surface area contributed by atoms with Crippen molar-refractivity contribution in [3.8, 4) is 0 Å². The van der Waals surface area contributed by atoms with Crippen molar-refractivity contribution in [1.82, 2.24) is 9.21 Å². The van der Waals surface area contributed by atoms with E-state index in [0.29, 0.717) is 39.0 Å². The van der Waals surface area contributed by atoms with Crippen molar-refractivity contribution in [3.63, 3.8) is 0 Å². The van der Waals surface area contributed by atoms with Crippen LogP contribution in [0.1, 0.15) is 39.2 Å². The topological polar surface area (TPSA) is 104 Å². The van der Waals surface area contributed by atoms with E-state index in [2.05, 4.69) is 0 Å². The number of esters is 1. The quantitative estimate of drug-likeness (QED) is 0.589. The molecule has 0 spiro atoms. The number of ether oxygens (including phenoxy) is 1. The predicted octanol–water partition coefficient (Wildman–Crippen LogP) is 1.41. The van der Waals surface area contributed by atoms with Gasteiger partial charge in [0.1, 0.15) is 0 Å². The Kier molecular flexibility index (Phi) is 7.24. The van der Waals surface area contributed by atoms with E-state index >= 15 is 0 Å². The summed E-state index contributed by atoms with van der Waals surface area (Å²) in [5, 5.41) is 0. The fourth-order valence-corrected chi connectivity index (χ4v) is 5.60. The number of sulfonamides is 1. The summed E-state index contributed by atoms with van der Waals surface area (Å²) in [6.07, 6.45) is 1.60. The third-order valence-corrected chi connectivity index (χ3v) is 7.94. The van der Waals surface area contributed by atoms with E-state index in [9.17, 15) is 22.8 Å². The van der Waals surface area contributed by atoms with Crippen molar-refractivity contribution < 1.29 is 27.5 Å². The van der Waals surface area contributed by atoms with Crippen LogP contribution < -0.4 is 4.90 Å². The van der Waals surface area contributed by atoms with Gasteiger partial charge in [0.15, 0.2) is 0 Å². The summed E-state index contributed by atoms with van der Waals surface area (Å²) >= 11 is 0. The van der Waals surface area contributed by atoms with Crippen LogP contribution in [0.5, 0.6) is 0 Å². The molecule has 1 fully saturated rings. The van der Waals surface area contributed by atoms with Crippen molar-refractivity contribution in [2.75, 3.05) is 38.2 Å². The van der Waals surface area contributed by atoms with Crippen LogP contribution in [-0.2, 0) is 35.6 Å². The predicted molar refractivity (Wildman–Crippen MR) is 119 cm³/mol. The van der Waals surface area contributed by atoms with Gasteiger partial charge in [-0.2, -0.15) is 4.31 Å². The number of anilines is 1. The zero-order chi connectivity index (χ0) is 23.6. The fourth-order valence-electron chi connectivity index (χ4n) is 4.43. The molecular formula is C22H31N3O6S. The number of fused-ring (bicyclic) bond motifs is 1. The standard InChI is InChI=1S/C22H31N3O6S/c1-5-31-22(28)17-8-10-24(11-9-17)21(27)14-23(4)32(29,30)19-6-7-20-18(13-19)12-15(2)25(20)16(3)26/h6-7,13,15,17H,5,8-12,14H2,1-4H3. The Balaban J connectivity index is 1.65. The first-order valence-electron chi connectivity index (χ1n) is 10.9. The molecule has 0 bridgehead atoms. The van der Waals surface area contributed by atoms with Crippen LogP contribution in [0.2, 0.25) is 0 Å². The molecule has 0 N–H and O–H groups in total. The molecule has 1 saturated heterocycles. The number of carbonyl (C=O) groups is 3. The maximum absolute atomic E-state index is 13.1. The lowest BCUT2D eigenvalue weighted by atomic mass is 9.97. The number of likely N-dealkylation sites (N-methyl/N-ethyl adjacent to an activating group) is 1. The number of nitrogens with zero attached hydrogens (tertiary/aromatic N) is 3. The van der Waals surface area contributed by atoms with E-state index in [-0.39, 0.29) is 41.2 Å². The molecule has 2 amide bonds. The van der Waals surface area contributed by atoms with Crippen LogP contribution in [0.15, 0.2) is 23.1 Å². The lowest BCUT2D eigenvalue weighted by Crippen LogP contribution is -2.45. The minimum absolute atomic E-state index is 0.0303. The van der Waals surface area contributed by atoms with E-state index in [1.807, 2.05) is 6.92 Å². The molecule has 2 aliphatic rings. The third-order valence-electron chi connectivity index (χ3n) is 6.14. The van der Waals surface area contributed by atoms with E-state index < -0.39 is 10.0 Å². The van der Waals surface area contributed by atoms with Gasteiger partial charge in [-0.25, -0.2) is 8.42 Å². The second-order valence-electron chi connectivity index (χ2n) is 8.40. The van der Waals surface area contributed by atoms with Crippen LogP contribution in [0.25, 0.3) is 0 Å². The molecule has 1 aromatic rings. The number of hydrogen-bond acceptors (Lipinski definition) is 6. The minimum Gasteiger partial charge on any atom is -0.466 e. The Morgan fingerprint density at radius 1 is 1.19 bits per heavy atom. The maximum atomic E-state index is 13.1. The van der Waals surface area contributed by atoms with Gasteiger partial charge in [-0.15, -0.1) is 0 Å². The summed E-state index contributed by atoms with van der Waals surface area (Å²) in [6.45, 7) is 6.01. The second kappa shape index (κ2) is 9.58. The summed E-state index contributed by atoms with van der Waals surface area (Å²) in [4.78, 5) is 39.8. The molecule has 176 valence electrons. The summed E-state index contributed by atoms with van der Waals surface area (Å²) in [5.74, 6) is -0.838. The van der Waals surface area contributed by atoms with Crippen LogP contribution in [0.3, 0.4) is 0 Å². The van der Waals surface area contributed by atoms with Gasteiger partial charge >= 0.3 is 5.97 Å². The van der Waals surface area contributed by atoms with E-state index in [1.165, 1.54) is 20.0 Å². The molecule has 0 saturated carbocycles. The highest BCUT2D eigenvalue weighted by Gasteiger charge is 2.33. The first-order chi connectivity index (χ1) is 15.1. The minimum atomic E-state index is -3.87. The lowest BCUT2D eigenvalue weighted by Gasteiger charge is -2.32. The molecule has 0 radical (unpaired) electrons. The lowest BCUT2D eigenvalue weighted by molar-refractivity contribution is -0.151. The summed E-state index contributed by atoms with van der Waals surface area (Å²) in [5.41, 5.74) is 1.53. The van der Waals surface area contributed by atoms with Crippen molar-refractivity contribution in [3.05, 3.63) is 23.8 Å². The van der Waals surface area contributed by atoms with Crippen molar-refractivity contribution in [2.24, 2.45) is 5.92 Å². The van der Waals surface area contributed by atoms with Gasteiger partial charge in [0.05, 0.1) is 24.0 Å². The van der Waals surface area contributed by atoms with Gasteiger partial charge < -0.3 is 14.5 Å². The van der Waals surface area contributed by atoms with Crippen molar-refractivity contribution in [2.45, 2.75) is 51.0 Å². The molecule has 0 aromatic heterocycles. The number of benzene rings is 1. The Bertz CT molecular complexity index is 1000. The Morgan fingerprint density at radius 3 is 2.44 bits per heavy atom. The first-order valence-corrected chi connectivity index (χ1v) is 12.3. The zero-order valence-corrected chi connectivity index (χ0v) is 19.9. The number of rotatable bonds is 6. The zero-order valence-electron chi connectivity index (χ0n) is 19.0. The average Bonchev–Trinajstić information content (AvgIpc) is 3.08. The summed E-state index contributed by atoms with van der Waals surface area (Å²) in [7, 11) is -2.49. The first kappa shape index (κ1) is 24.2. The molecule has 1 atom stereocenters. The smallest absolute Gasteiger partial charge is 0.309 e. The molecular weight excluding hydrogens is 434 g/mol. The van der Waals surface area contributed by atoms with Gasteiger partial charge in [-0.3, -0.25) is 14.4 Å². The van der Waals surface area contributed by atoms with E-state index in [1.54, 1.807) is 28.9 Å². The van der Waals surface area contributed by atoms with Gasteiger partial charge in [-0.1, -0.05) is 0 Å². The second-order valence-corrected chi connectivity index (χ2v) is 10.4. The van der Waals surface area contributed by atoms with Crippen LogP contribution >= 0.6 is 0 Å². The van der Waals surface area contributed by atoms with Crippen LogP contribution in [0.4, 0.5) is 5.69 Å². The Morgan fingerprint density at radius 2 is 1.84 bits per heavy atom. The van der Waals surface area contributed by atoms with Gasteiger partial charge in [0, 0.05) is 38.8 Å². The highest BCUT2D eigenvalue weighted by atomic mass is 32.2. The third kappa shape index (κ3) is 4.80. The number of piperidine rings is 1. The molecule has 2 aliphatic heterocycles. The largest absolute Gasteiger partial charge is 0.466 e. The molecule has 1 aromatic carbocycles. The van der Waals surface area contributed by atoms with Gasteiger partial charge in [0.25, 0.3) is 0 Å². The number of carbonyl (C=O) groups excluding carboxylic acids is 3. The fraction of sp³-hybridized carbons (Fsp3) is 0.591. The normalized spacial score (nSPS) is 19.2. The highest BCUT2D eigenvalue weighted by Crippen LogP contribution is 2.34. The molecule has 1 unspecified atom stereocenters. The SMILES string of the molecule is CCOC(=O)C1CCN(C(=O)CN(C)S(=O)(=O)c2ccc3c(c2)CC(C)N3C(C)=O)CC1. The highest BCUT2D eigenvalue weighted by molar-refractivity contribution is 7.89. The molecule has 2 heterocycles. The van der Waals surface area contributed by atoms with Crippen LogP contribution in [-0.4, -0.2) is 74.7 Å². The monoisotopic (exact) mass is 465 g/mol.